The van der Waals surface area contributed by atoms with Gasteiger partial charge in [-0.15, -0.1) is 11.3 Å². The lowest BCUT2D eigenvalue weighted by atomic mass is 10.1. The van der Waals surface area contributed by atoms with Gasteiger partial charge < -0.3 is 19.9 Å². The zero-order chi connectivity index (χ0) is 19.5. The van der Waals surface area contributed by atoms with Crippen LogP contribution in [0.15, 0.2) is 66.0 Å². The Morgan fingerprint density at radius 2 is 1.86 bits per heavy atom. The van der Waals surface area contributed by atoms with Crippen LogP contribution in [0.4, 0.5) is 10.5 Å². The summed E-state index contributed by atoms with van der Waals surface area (Å²) in [4.78, 5) is 13.6. The highest BCUT2D eigenvalue weighted by molar-refractivity contribution is 7.13. The number of rotatable bonds is 5. The summed E-state index contributed by atoms with van der Waals surface area (Å²) in [5.74, 6) is 0.752. The van der Waals surface area contributed by atoms with E-state index in [1.165, 1.54) is 4.88 Å². The molecule has 5 nitrogen and oxygen atoms in total. The first kappa shape index (κ1) is 18.1. The van der Waals surface area contributed by atoms with E-state index in [0.717, 1.165) is 33.6 Å². The van der Waals surface area contributed by atoms with Crippen LogP contribution in [0.2, 0.25) is 0 Å². The van der Waals surface area contributed by atoms with Crippen LogP contribution < -0.4 is 15.4 Å². The van der Waals surface area contributed by atoms with E-state index < -0.39 is 0 Å². The smallest absolute Gasteiger partial charge is 0.319 e. The van der Waals surface area contributed by atoms with Crippen molar-refractivity contribution in [1.82, 2.24) is 9.88 Å². The maximum Gasteiger partial charge on any atom is 0.319 e. The number of hydrogen-bond donors (Lipinski definition) is 2. The van der Waals surface area contributed by atoms with Gasteiger partial charge in [-0.25, -0.2) is 4.79 Å². The lowest BCUT2D eigenvalue weighted by Crippen LogP contribution is -2.28. The number of hydrogen-bond acceptors (Lipinski definition) is 3. The first-order valence-electron chi connectivity index (χ1n) is 8.96. The molecule has 0 aliphatic heterocycles. The number of methoxy groups -OCH3 is 1. The second kappa shape index (κ2) is 7.78. The van der Waals surface area contributed by atoms with Crippen molar-refractivity contribution in [3.63, 3.8) is 0 Å². The lowest BCUT2D eigenvalue weighted by Gasteiger charge is -2.10. The van der Waals surface area contributed by atoms with Crippen LogP contribution >= 0.6 is 11.3 Å². The number of aromatic nitrogens is 1. The van der Waals surface area contributed by atoms with E-state index in [2.05, 4.69) is 45.8 Å². The molecule has 6 heteroatoms. The third-order valence-corrected chi connectivity index (χ3v) is 5.62. The Bertz CT molecular complexity index is 1100. The van der Waals surface area contributed by atoms with Crippen molar-refractivity contribution in [3.8, 4) is 16.3 Å². The summed E-state index contributed by atoms with van der Waals surface area (Å²) in [6.45, 7) is 0.441. The van der Waals surface area contributed by atoms with Gasteiger partial charge in [-0.3, -0.25) is 0 Å². The number of benzene rings is 2. The van der Waals surface area contributed by atoms with Crippen molar-refractivity contribution >= 4 is 34.0 Å². The number of aryl methyl sites for hydroxylation is 1. The Labute approximate surface area is 167 Å². The summed E-state index contributed by atoms with van der Waals surface area (Å²) >= 11 is 1.70. The first-order valence-corrected chi connectivity index (χ1v) is 9.84. The van der Waals surface area contributed by atoms with Gasteiger partial charge in [0, 0.05) is 35.7 Å². The zero-order valence-corrected chi connectivity index (χ0v) is 16.5. The molecule has 0 spiro atoms. The second-order valence-corrected chi connectivity index (χ2v) is 7.36. The minimum Gasteiger partial charge on any atom is -0.497 e. The summed E-state index contributed by atoms with van der Waals surface area (Å²) in [5, 5.41) is 9.08. The van der Waals surface area contributed by atoms with Gasteiger partial charge in [-0.1, -0.05) is 24.3 Å². The predicted octanol–water partition coefficient (Wildman–Crippen LogP) is 5.24. The topological polar surface area (TPSA) is 55.3 Å². The molecule has 4 aromatic rings. The number of nitrogens with one attached hydrogen (secondary N) is 2. The van der Waals surface area contributed by atoms with Crippen molar-refractivity contribution in [2.24, 2.45) is 7.05 Å². The van der Waals surface area contributed by atoms with E-state index in [0.29, 0.717) is 6.54 Å². The van der Waals surface area contributed by atoms with E-state index in [9.17, 15) is 4.79 Å². The highest BCUT2D eigenvalue weighted by Crippen LogP contribution is 2.35. The molecule has 0 fully saturated rings. The highest BCUT2D eigenvalue weighted by atomic mass is 32.1. The average Bonchev–Trinajstić information content (AvgIpc) is 3.34. The molecule has 2 amide bonds. The molecular formula is C22H21N3O2S. The van der Waals surface area contributed by atoms with Crippen molar-refractivity contribution in [2.45, 2.75) is 6.54 Å². The average molecular weight is 391 g/mol. The normalized spacial score (nSPS) is 10.8. The van der Waals surface area contributed by atoms with E-state index in [1.54, 1.807) is 18.4 Å². The van der Waals surface area contributed by atoms with Crippen LogP contribution in [-0.4, -0.2) is 17.7 Å². The van der Waals surface area contributed by atoms with Crippen molar-refractivity contribution in [2.75, 3.05) is 12.4 Å². The van der Waals surface area contributed by atoms with Gasteiger partial charge in [-0.05, 0) is 41.8 Å². The number of para-hydroxylation sites is 1. The number of carbonyl (C=O) groups excluding carboxylic acids is 1. The summed E-state index contributed by atoms with van der Waals surface area (Å²) in [6.07, 6.45) is 0. The van der Waals surface area contributed by atoms with Gasteiger partial charge in [-0.2, -0.15) is 0 Å². The summed E-state index contributed by atoms with van der Waals surface area (Å²) in [6, 6.07) is 19.4. The van der Waals surface area contributed by atoms with Crippen molar-refractivity contribution in [3.05, 3.63) is 71.6 Å². The molecule has 0 aliphatic carbocycles. The summed E-state index contributed by atoms with van der Waals surface area (Å²) < 4.78 is 7.34. The number of carbonyl (C=O) groups is 1. The fraction of sp³-hybridized carbons (Fsp3) is 0.136. The third-order valence-electron chi connectivity index (χ3n) is 4.74. The Morgan fingerprint density at radius 1 is 1.07 bits per heavy atom. The molecule has 0 radical (unpaired) electrons. The minimum absolute atomic E-state index is 0.241. The van der Waals surface area contributed by atoms with Gasteiger partial charge in [0.15, 0.2) is 0 Å². The van der Waals surface area contributed by atoms with Crippen LogP contribution in [0.25, 0.3) is 21.5 Å². The van der Waals surface area contributed by atoms with Crippen LogP contribution in [0.3, 0.4) is 0 Å². The maximum absolute atomic E-state index is 12.4. The molecule has 0 bridgehead atoms. The van der Waals surface area contributed by atoms with Crippen LogP contribution in [0.1, 0.15) is 5.56 Å². The standard InChI is InChI=1S/C22H21N3O2S/c1-25-19-7-4-3-6-17(19)18(21(25)20-8-5-13-28-20)14-23-22(26)24-15-9-11-16(27-2)12-10-15/h3-13H,14H2,1-2H3,(H2,23,24,26). The fourth-order valence-corrected chi connectivity index (χ4v) is 4.23. The Hall–Kier alpha value is -3.25. The molecule has 0 aliphatic rings. The SMILES string of the molecule is COc1ccc(NC(=O)NCc2c(-c3cccs3)n(C)c3ccccc23)cc1. The third kappa shape index (κ3) is 3.46. The molecule has 28 heavy (non-hydrogen) atoms. The van der Waals surface area contributed by atoms with E-state index in [1.807, 2.05) is 42.5 Å². The molecule has 2 aromatic heterocycles. The van der Waals surface area contributed by atoms with Gasteiger partial charge in [0.25, 0.3) is 0 Å². The Kier molecular flexibility index (Phi) is 5.04. The molecule has 0 saturated heterocycles. The fourth-order valence-electron chi connectivity index (χ4n) is 3.40. The Balaban J connectivity index is 1.57. The number of ether oxygens (including phenoxy) is 1. The second-order valence-electron chi connectivity index (χ2n) is 6.42. The van der Waals surface area contributed by atoms with Crippen LogP contribution in [0, 0.1) is 0 Å². The molecule has 2 aromatic carbocycles. The Morgan fingerprint density at radius 3 is 2.57 bits per heavy atom. The van der Waals surface area contributed by atoms with E-state index in [4.69, 9.17) is 4.74 Å². The molecule has 0 saturated carbocycles. The number of amides is 2. The number of urea groups is 1. The molecular weight excluding hydrogens is 370 g/mol. The molecule has 2 N–H and O–H groups in total. The van der Waals surface area contributed by atoms with Crippen molar-refractivity contribution in [1.29, 1.82) is 0 Å². The van der Waals surface area contributed by atoms with E-state index >= 15 is 0 Å². The van der Waals surface area contributed by atoms with Crippen molar-refractivity contribution < 1.29 is 9.53 Å². The van der Waals surface area contributed by atoms with Gasteiger partial charge in [0.1, 0.15) is 5.75 Å². The number of anilines is 1. The lowest BCUT2D eigenvalue weighted by molar-refractivity contribution is 0.252. The quantitative estimate of drug-likeness (QED) is 0.489. The molecule has 2 heterocycles. The monoisotopic (exact) mass is 391 g/mol. The number of thiophene rings is 1. The highest BCUT2D eigenvalue weighted by Gasteiger charge is 2.17. The predicted molar refractivity (Wildman–Crippen MR) is 115 cm³/mol. The molecule has 0 atom stereocenters. The summed E-state index contributed by atoms with van der Waals surface area (Å²) in [5.41, 5.74) is 4.12. The minimum atomic E-state index is -0.241. The molecule has 4 rings (SSSR count). The first-order chi connectivity index (χ1) is 13.7. The number of fused-ring (bicyclic) bond motifs is 1. The molecule has 0 unspecified atom stereocenters. The van der Waals surface area contributed by atoms with Gasteiger partial charge in [0.05, 0.1) is 17.7 Å². The van der Waals surface area contributed by atoms with Gasteiger partial charge >= 0.3 is 6.03 Å². The maximum atomic E-state index is 12.4. The largest absolute Gasteiger partial charge is 0.497 e. The molecule has 142 valence electrons. The van der Waals surface area contributed by atoms with Crippen LogP contribution in [-0.2, 0) is 13.6 Å². The summed E-state index contributed by atoms with van der Waals surface area (Å²) in [7, 11) is 3.68. The van der Waals surface area contributed by atoms with Crippen LogP contribution in [0.5, 0.6) is 5.75 Å². The van der Waals surface area contributed by atoms with E-state index in [-0.39, 0.29) is 6.03 Å². The zero-order valence-electron chi connectivity index (χ0n) is 15.7. The van der Waals surface area contributed by atoms with Gasteiger partial charge in [0.2, 0.25) is 0 Å². The number of nitrogens with zero attached hydrogens (tertiary/aromatic N) is 1.